The Kier molecular flexibility index (Phi) is 3.78. The summed E-state index contributed by atoms with van der Waals surface area (Å²) in [5, 5.41) is 21.0. The van der Waals surface area contributed by atoms with E-state index in [0.717, 1.165) is 24.7 Å². The Balaban J connectivity index is 2.13. The average molecular weight is 308 g/mol. The van der Waals surface area contributed by atoms with Gasteiger partial charge >= 0.3 is 0 Å². The second-order valence-electron chi connectivity index (χ2n) is 7.68. The summed E-state index contributed by atoms with van der Waals surface area (Å²) in [6.45, 7) is 6.33. The van der Waals surface area contributed by atoms with Crippen LogP contribution in [0.5, 0.6) is 0 Å². The van der Waals surface area contributed by atoms with E-state index >= 15 is 0 Å². The highest BCUT2D eigenvalue weighted by atomic mass is 16.6. The van der Waals surface area contributed by atoms with E-state index in [2.05, 4.69) is 13.5 Å². The number of fused-ring (bicyclic) bond motifs is 2. The molecular weight excluding hydrogens is 280 g/mol. The number of aliphatic hydroxyl groups is 2. The molecule has 0 aromatic carbocycles. The molecule has 3 saturated carbocycles. The molecule has 0 spiro atoms. The molecule has 0 saturated heterocycles. The van der Waals surface area contributed by atoms with Crippen molar-refractivity contribution in [3.05, 3.63) is 12.2 Å². The maximum atomic E-state index is 12.3. The van der Waals surface area contributed by atoms with Gasteiger partial charge in [-0.25, -0.2) is 0 Å². The molecule has 0 aliphatic heterocycles. The smallest absolute Gasteiger partial charge is 0.185 e. The molecule has 4 nitrogen and oxygen atoms in total. The first-order chi connectivity index (χ1) is 10.4. The number of hydrogen-bond acceptors (Lipinski definition) is 4. The minimum Gasteiger partial charge on any atom is -0.396 e. The zero-order valence-electron chi connectivity index (χ0n) is 13.7. The Morgan fingerprint density at radius 3 is 2.50 bits per heavy atom. The predicted molar refractivity (Wildman–Crippen MR) is 83.0 cm³/mol. The Morgan fingerprint density at radius 1 is 1.36 bits per heavy atom. The summed E-state index contributed by atoms with van der Waals surface area (Å²) in [6.07, 6.45) is 7.11. The molecule has 0 amide bonds. The number of aliphatic hydroxyl groups excluding tert-OH is 1. The summed E-state index contributed by atoms with van der Waals surface area (Å²) in [5.74, 6) is -1.70. The third-order valence-corrected chi connectivity index (χ3v) is 7.25. The van der Waals surface area contributed by atoms with Gasteiger partial charge in [0.25, 0.3) is 0 Å². The van der Waals surface area contributed by atoms with E-state index in [1.807, 2.05) is 0 Å². The lowest BCUT2D eigenvalue weighted by molar-refractivity contribution is -0.254. The molecule has 3 rings (SSSR count). The molecule has 5 atom stereocenters. The van der Waals surface area contributed by atoms with Crippen LogP contribution in [0.3, 0.4) is 0 Å². The summed E-state index contributed by atoms with van der Waals surface area (Å²) >= 11 is 0. The molecule has 4 heteroatoms. The third-order valence-electron chi connectivity index (χ3n) is 7.25. The molecule has 0 radical (unpaired) electrons. The summed E-state index contributed by atoms with van der Waals surface area (Å²) in [6, 6.07) is 0. The Labute approximate surface area is 132 Å². The van der Waals surface area contributed by atoms with Gasteiger partial charge in [-0.3, -0.25) is 0 Å². The van der Waals surface area contributed by atoms with Crippen molar-refractivity contribution in [1.82, 2.24) is 0 Å². The number of aldehydes is 1. The predicted octanol–water partition coefficient (Wildman–Crippen LogP) is 2.29. The maximum absolute atomic E-state index is 12.3. The molecule has 5 unspecified atom stereocenters. The van der Waals surface area contributed by atoms with Gasteiger partial charge in [0.05, 0.1) is 5.41 Å². The van der Waals surface area contributed by atoms with Crippen LogP contribution < -0.4 is 0 Å². The van der Waals surface area contributed by atoms with Gasteiger partial charge in [-0.05, 0) is 31.1 Å². The molecular formula is C18H28O4. The van der Waals surface area contributed by atoms with E-state index in [9.17, 15) is 15.0 Å². The zero-order valence-corrected chi connectivity index (χ0v) is 13.7. The Morgan fingerprint density at radius 2 is 2.00 bits per heavy atom. The maximum Gasteiger partial charge on any atom is 0.185 e. The molecule has 3 aliphatic rings. The van der Waals surface area contributed by atoms with Gasteiger partial charge in [0.2, 0.25) is 0 Å². The van der Waals surface area contributed by atoms with Crippen LogP contribution in [0.4, 0.5) is 0 Å². The second-order valence-corrected chi connectivity index (χ2v) is 7.68. The molecule has 2 bridgehead atoms. The lowest BCUT2D eigenvalue weighted by Crippen LogP contribution is -2.54. The molecule has 0 aromatic rings. The van der Waals surface area contributed by atoms with E-state index in [4.69, 9.17) is 4.74 Å². The molecule has 3 fully saturated rings. The van der Waals surface area contributed by atoms with Gasteiger partial charge in [-0.2, -0.15) is 0 Å². The summed E-state index contributed by atoms with van der Waals surface area (Å²) < 4.78 is 5.52. The van der Waals surface area contributed by atoms with Gasteiger partial charge in [-0.1, -0.05) is 38.3 Å². The number of carbonyl (C=O) groups is 1. The monoisotopic (exact) mass is 308 g/mol. The van der Waals surface area contributed by atoms with Crippen molar-refractivity contribution in [2.75, 3.05) is 13.7 Å². The van der Waals surface area contributed by atoms with E-state index in [0.29, 0.717) is 12.3 Å². The molecule has 22 heavy (non-hydrogen) atoms. The van der Waals surface area contributed by atoms with Crippen molar-refractivity contribution < 1.29 is 19.7 Å². The standard InChI is InChI=1S/C18H28O4/c1-12-15-13(10-19)9-17(11-20,18(15,21)22-3)16(12,2)14-7-5-4-6-8-14/h11,13-15,19,21H,1,4-10H2,2-3H3. The van der Waals surface area contributed by atoms with Crippen LogP contribution in [0, 0.1) is 28.6 Å². The van der Waals surface area contributed by atoms with Crippen molar-refractivity contribution in [2.24, 2.45) is 28.6 Å². The molecule has 2 N–H and O–H groups in total. The molecule has 124 valence electrons. The van der Waals surface area contributed by atoms with Crippen LogP contribution in [0.2, 0.25) is 0 Å². The second kappa shape index (κ2) is 5.15. The largest absolute Gasteiger partial charge is 0.396 e. The Bertz CT molecular complexity index is 483. The fraction of sp³-hybridized carbons (Fsp3) is 0.833. The van der Waals surface area contributed by atoms with E-state index in [1.54, 1.807) is 0 Å². The highest BCUT2D eigenvalue weighted by Crippen LogP contribution is 2.75. The third kappa shape index (κ3) is 1.56. The highest BCUT2D eigenvalue weighted by molar-refractivity contribution is 5.69. The SMILES string of the molecule is C=C1C2C(CO)CC(C=O)(C2(O)OC)C1(C)C1CCCCC1. The Hall–Kier alpha value is -0.710. The van der Waals surface area contributed by atoms with Crippen LogP contribution in [0.15, 0.2) is 12.2 Å². The zero-order chi connectivity index (χ0) is 16.2. The van der Waals surface area contributed by atoms with E-state index in [1.165, 1.54) is 26.4 Å². The van der Waals surface area contributed by atoms with Gasteiger partial charge in [0.1, 0.15) is 6.29 Å². The lowest BCUT2D eigenvalue weighted by atomic mass is 9.52. The first-order valence-electron chi connectivity index (χ1n) is 8.47. The van der Waals surface area contributed by atoms with Crippen molar-refractivity contribution in [1.29, 1.82) is 0 Å². The number of methoxy groups -OCH3 is 1. The van der Waals surface area contributed by atoms with Crippen molar-refractivity contribution in [3.8, 4) is 0 Å². The number of rotatable bonds is 4. The first kappa shape index (κ1) is 16.2. The average Bonchev–Trinajstić information content (AvgIpc) is 2.90. The van der Waals surface area contributed by atoms with Crippen molar-refractivity contribution in [2.45, 2.75) is 51.2 Å². The molecule has 0 heterocycles. The normalized spacial score (nSPS) is 48.8. The fourth-order valence-corrected chi connectivity index (χ4v) is 6.03. The number of hydrogen-bond donors (Lipinski definition) is 2. The van der Waals surface area contributed by atoms with Crippen LogP contribution in [-0.2, 0) is 9.53 Å². The van der Waals surface area contributed by atoms with Gasteiger partial charge in [0, 0.05) is 25.0 Å². The highest BCUT2D eigenvalue weighted by Gasteiger charge is 2.79. The minimum atomic E-state index is -1.54. The quantitative estimate of drug-likeness (QED) is 0.475. The minimum absolute atomic E-state index is 0.0499. The van der Waals surface area contributed by atoms with Gasteiger partial charge in [0.15, 0.2) is 5.79 Å². The van der Waals surface area contributed by atoms with Gasteiger partial charge in [-0.15, -0.1) is 0 Å². The molecule has 3 aliphatic carbocycles. The number of carbonyl (C=O) groups excluding carboxylic acids is 1. The van der Waals surface area contributed by atoms with Crippen LogP contribution in [-0.4, -0.2) is 36.0 Å². The lowest BCUT2D eigenvalue weighted by Gasteiger charge is -2.51. The van der Waals surface area contributed by atoms with Crippen molar-refractivity contribution >= 4 is 6.29 Å². The molecule has 0 aromatic heterocycles. The topological polar surface area (TPSA) is 66.8 Å². The van der Waals surface area contributed by atoms with Gasteiger partial charge < -0.3 is 19.7 Å². The summed E-state index contributed by atoms with van der Waals surface area (Å²) in [5.41, 5.74) is -0.538. The van der Waals surface area contributed by atoms with Crippen molar-refractivity contribution in [3.63, 3.8) is 0 Å². The number of ether oxygens (including phenoxy) is 1. The summed E-state index contributed by atoms with van der Waals surface area (Å²) in [4.78, 5) is 12.3. The summed E-state index contributed by atoms with van der Waals surface area (Å²) in [7, 11) is 1.46. The van der Waals surface area contributed by atoms with Crippen LogP contribution in [0.1, 0.15) is 45.4 Å². The first-order valence-corrected chi connectivity index (χ1v) is 8.47. The van der Waals surface area contributed by atoms with E-state index < -0.39 is 16.6 Å². The van der Waals surface area contributed by atoms with E-state index in [-0.39, 0.29) is 18.4 Å². The fourth-order valence-electron chi connectivity index (χ4n) is 6.03. The van der Waals surface area contributed by atoms with Crippen LogP contribution in [0.25, 0.3) is 0 Å². The van der Waals surface area contributed by atoms with Crippen LogP contribution >= 0.6 is 0 Å².